The molecule has 2 aromatic heterocycles. The minimum atomic E-state index is -0.0438. The van der Waals surface area contributed by atoms with E-state index in [0.29, 0.717) is 13.1 Å². The summed E-state index contributed by atoms with van der Waals surface area (Å²) in [5.41, 5.74) is 5.54. The van der Waals surface area contributed by atoms with Crippen LogP contribution in [0.5, 0.6) is 0 Å². The average molecular weight is 459 g/mol. The number of carbonyl (C=O) groups is 1. The zero-order chi connectivity index (χ0) is 23.7. The second-order valence-electron chi connectivity index (χ2n) is 8.69. The topological polar surface area (TPSA) is 85.9 Å². The van der Waals surface area contributed by atoms with Crippen LogP contribution in [0.1, 0.15) is 20.3 Å². The number of benzene rings is 2. The summed E-state index contributed by atoms with van der Waals surface area (Å²) in [6.07, 6.45) is 2.88. The quantitative estimate of drug-likeness (QED) is 0.446. The maximum absolute atomic E-state index is 12.8. The van der Waals surface area contributed by atoms with Crippen molar-refractivity contribution in [1.82, 2.24) is 29.5 Å². The Morgan fingerprint density at radius 2 is 1.82 bits per heavy atom. The highest BCUT2D eigenvalue weighted by Gasteiger charge is 2.20. The summed E-state index contributed by atoms with van der Waals surface area (Å²) < 4.78 is 5.31. The van der Waals surface area contributed by atoms with Gasteiger partial charge in [0.1, 0.15) is 12.2 Å². The average Bonchev–Trinajstić information content (AvgIpc) is 3.56. The molecule has 8 heteroatoms. The fourth-order valence-corrected chi connectivity index (χ4v) is 4.82. The van der Waals surface area contributed by atoms with Crippen molar-refractivity contribution in [3.63, 3.8) is 0 Å². The smallest absolute Gasteiger partial charge is 0.329 e. The first-order chi connectivity index (χ1) is 16.6. The summed E-state index contributed by atoms with van der Waals surface area (Å²) in [7, 11) is 0. The number of aryl methyl sites for hydroxylation is 2. The lowest BCUT2D eigenvalue weighted by atomic mass is 10.0. The fraction of sp³-hybridized carbons (Fsp3) is 0.346. The molecule has 1 saturated heterocycles. The lowest BCUT2D eigenvalue weighted by Crippen LogP contribution is -2.38. The van der Waals surface area contributed by atoms with Crippen molar-refractivity contribution in [2.24, 2.45) is 0 Å². The Morgan fingerprint density at radius 1 is 1.06 bits per heavy atom. The van der Waals surface area contributed by atoms with E-state index in [1.807, 2.05) is 62.5 Å². The summed E-state index contributed by atoms with van der Waals surface area (Å²) in [5.74, 6) is -0.0438. The van der Waals surface area contributed by atoms with Crippen LogP contribution >= 0.6 is 0 Å². The molecular formula is C26H30N6O2. The second kappa shape index (κ2) is 9.30. The van der Waals surface area contributed by atoms with E-state index < -0.39 is 0 Å². The van der Waals surface area contributed by atoms with Gasteiger partial charge in [0.25, 0.3) is 0 Å². The number of hydrogen-bond donors (Lipinski definition) is 2. The van der Waals surface area contributed by atoms with Crippen molar-refractivity contribution >= 4 is 16.9 Å². The van der Waals surface area contributed by atoms with E-state index in [-0.39, 0.29) is 24.2 Å². The first kappa shape index (κ1) is 22.2. The van der Waals surface area contributed by atoms with Gasteiger partial charge in [0.05, 0.1) is 11.0 Å². The summed E-state index contributed by atoms with van der Waals surface area (Å²) in [6, 6.07) is 16.3. The minimum Gasteiger partial charge on any atom is -0.350 e. The van der Waals surface area contributed by atoms with E-state index in [9.17, 15) is 9.59 Å². The highest BCUT2D eigenvalue weighted by Crippen LogP contribution is 2.32. The first-order valence-electron chi connectivity index (χ1n) is 12.0. The number of carbonyl (C=O) groups excluding carboxylic acids is 1. The van der Waals surface area contributed by atoms with Gasteiger partial charge in [-0.1, -0.05) is 36.4 Å². The lowest BCUT2D eigenvalue weighted by Gasteiger charge is -2.11. The number of nitrogens with one attached hydrogen (secondary N) is 2. The van der Waals surface area contributed by atoms with E-state index in [1.54, 1.807) is 13.8 Å². The monoisotopic (exact) mass is 458 g/mol. The predicted octanol–water partition coefficient (Wildman–Crippen LogP) is 2.85. The summed E-state index contributed by atoms with van der Waals surface area (Å²) in [4.78, 5) is 25.5. The predicted molar refractivity (Wildman–Crippen MR) is 134 cm³/mol. The molecule has 176 valence electrons. The molecule has 1 aliphatic heterocycles. The number of aromatic nitrogens is 4. The largest absolute Gasteiger partial charge is 0.350 e. The van der Waals surface area contributed by atoms with Gasteiger partial charge < -0.3 is 10.6 Å². The van der Waals surface area contributed by atoms with E-state index >= 15 is 0 Å². The van der Waals surface area contributed by atoms with Crippen LogP contribution in [0.25, 0.3) is 33.4 Å². The zero-order valence-electron chi connectivity index (χ0n) is 19.6. The highest BCUT2D eigenvalue weighted by molar-refractivity contribution is 5.87. The molecule has 0 saturated carbocycles. The lowest BCUT2D eigenvalue weighted by molar-refractivity contribution is -0.122. The number of fused-ring (bicyclic) bond motifs is 1. The van der Waals surface area contributed by atoms with Crippen LogP contribution in [-0.2, 0) is 24.4 Å². The molecule has 2 aromatic carbocycles. The molecule has 0 bridgehead atoms. The van der Waals surface area contributed by atoms with Crippen LogP contribution in [0.2, 0.25) is 0 Å². The van der Waals surface area contributed by atoms with E-state index in [0.717, 1.165) is 52.9 Å². The van der Waals surface area contributed by atoms with Gasteiger partial charge >= 0.3 is 5.69 Å². The minimum absolute atomic E-state index is 0.00852. The molecule has 4 aromatic rings. The third-order valence-electron chi connectivity index (χ3n) is 6.50. The van der Waals surface area contributed by atoms with Crippen molar-refractivity contribution in [3.05, 3.63) is 65.2 Å². The first-order valence-corrected chi connectivity index (χ1v) is 12.0. The van der Waals surface area contributed by atoms with Gasteiger partial charge in [0.15, 0.2) is 0 Å². The zero-order valence-corrected chi connectivity index (χ0v) is 19.6. The molecule has 1 amide bonds. The molecule has 5 rings (SSSR count). The van der Waals surface area contributed by atoms with Gasteiger partial charge in [-0.2, -0.15) is 5.10 Å². The normalized spacial score (nSPS) is 15.8. The molecule has 0 radical (unpaired) electrons. The van der Waals surface area contributed by atoms with Crippen molar-refractivity contribution < 1.29 is 4.79 Å². The maximum Gasteiger partial charge on any atom is 0.329 e. The third kappa shape index (κ3) is 4.05. The molecule has 34 heavy (non-hydrogen) atoms. The van der Waals surface area contributed by atoms with Crippen molar-refractivity contribution in [1.29, 1.82) is 0 Å². The second-order valence-corrected chi connectivity index (χ2v) is 8.69. The Balaban J connectivity index is 1.56. The van der Waals surface area contributed by atoms with Crippen LogP contribution in [0.3, 0.4) is 0 Å². The van der Waals surface area contributed by atoms with Gasteiger partial charge in [0.2, 0.25) is 5.91 Å². The van der Waals surface area contributed by atoms with Gasteiger partial charge in [0, 0.05) is 43.0 Å². The Morgan fingerprint density at radius 3 is 2.53 bits per heavy atom. The van der Waals surface area contributed by atoms with Crippen molar-refractivity contribution in [2.45, 2.75) is 45.9 Å². The Labute approximate surface area is 198 Å². The van der Waals surface area contributed by atoms with Crippen LogP contribution in [-0.4, -0.2) is 44.0 Å². The molecule has 8 nitrogen and oxygen atoms in total. The van der Waals surface area contributed by atoms with E-state index in [2.05, 4.69) is 16.7 Å². The molecule has 3 heterocycles. The number of amides is 1. The van der Waals surface area contributed by atoms with Crippen LogP contribution < -0.4 is 16.3 Å². The summed E-state index contributed by atoms with van der Waals surface area (Å²) >= 11 is 0. The number of hydrogen-bond acceptors (Lipinski definition) is 4. The summed E-state index contributed by atoms with van der Waals surface area (Å²) in [5, 5.41) is 11.2. The molecule has 2 N–H and O–H groups in total. The SMILES string of the molecule is CCn1c(=O)n(CC)c2cc(-c3cn(CC(=O)NC4CCNC4)nc3-c3ccccc3)ccc21. The molecule has 1 unspecified atom stereocenters. The highest BCUT2D eigenvalue weighted by atomic mass is 16.2. The molecule has 0 spiro atoms. The van der Waals surface area contributed by atoms with Crippen LogP contribution in [0, 0.1) is 0 Å². The molecule has 1 atom stereocenters. The fourth-order valence-electron chi connectivity index (χ4n) is 4.82. The van der Waals surface area contributed by atoms with Crippen molar-refractivity contribution in [2.75, 3.05) is 13.1 Å². The van der Waals surface area contributed by atoms with Gasteiger partial charge in [-0.25, -0.2) is 4.79 Å². The maximum atomic E-state index is 12.8. The Bertz CT molecular complexity index is 1380. The van der Waals surface area contributed by atoms with Crippen LogP contribution in [0.4, 0.5) is 0 Å². The number of imidazole rings is 1. The molecule has 1 fully saturated rings. The number of nitrogens with zero attached hydrogens (tertiary/aromatic N) is 4. The van der Waals surface area contributed by atoms with Crippen LogP contribution in [0.15, 0.2) is 59.5 Å². The third-order valence-corrected chi connectivity index (χ3v) is 6.50. The molecular weight excluding hydrogens is 428 g/mol. The number of rotatable bonds is 7. The van der Waals surface area contributed by atoms with Crippen molar-refractivity contribution in [3.8, 4) is 22.4 Å². The molecule has 1 aliphatic rings. The van der Waals surface area contributed by atoms with Gasteiger partial charge in [-0.05, 0) is 44.5 Å². The van der Waals surface area contributed by atoms with Gasteiger partial charge in [-0.3, -0.25) is 18.6 Å². The standard InChI is InChI=1S/C26H30N6O2/c1-3-31-22-11-10-19(14-23(22)32(4-2)26(31)34)21-16-30(17-24(33)28-20-12-13-27-15-20)29-25(21)18-8-6-5-7-9-18/h5-11,14,16,20,27H,3-4,12-13,15,17H2,1-2H3,(H,28,33). The Hall–Kier alpha value is -3.65. The van der Waals surface area contributed by atoms with E-state index in [1.165, 1.54) is 0 Å². The molecule has 0 aliphatic carbocycles. The van der Waals surface area contributed by atoms with E-state index in [4.69, 9.17) is 5.10 Å². The Kier molecular flexibility index (Phi) is 6.06. The van der Waals surface area contributed by atoms with Gasteiger partial charge in [-0.15, -0.1) is 0 Å². The summed E-state index contributed by atoms with van der Waals surface area (Å²) in [6.45, 7) is 7.10.